The SMILES string of the molecule is CCN(C(=O)c1cc(Br)cc(Br)c1)C(C)CC(=O)O. The quantitative estimate of drug-likeness (QED) is 0.833. The maximum Gasteiger partial charge on any atom is 0.305 e. The zero-order chi connectivity index (χ0) is 14.6. The Bertz CT molecular complexity index is 471. The monoisotopic (exact) mass is 391 g/mol. The zero-order valence-electron chi connectivity index (χ0n) is 10.7. The van der Waals surface area contributed by atoms with Crippen molar-refractivity contribution >= 4 is 43.7 Å². The van der Waals surface area contributed by atoms with Gasteiger partial charge in [0, 0.05) is 27.1 Å². The van der Waals surface area contributed by atoms with Gasteiger partial charge in [0.2, 0.25) is 0 Å². The van der Waals surface area contributed by atoms with Crippen LogP contribution in [-0.4, -0.2) is 34.5 Å². The molecule has 0 aromatic heterocycles. The van der Waals surface area contributed by atoms with E-state index >= 15 is 0 Å². The first-order valence-electron chi connectivity index (χ1n) is 5.84. The summed E-state index contributed by atoms with van der Waals surface area (Å²) in [6.07, 6.45) is -0.0608. The fraction of sp³-hybridized carbons (Fsp3) is 0.385. The molecule has 4 nitrogen and oxygen atoms in total. The summed E-state index contributed by atoms with van der Waals surface area (Å²) in [5.74, 6) is -1.08. The highest BCUT2D eigenvalue weighted by Crippen LogP contribution is 2.22. The van der Waals surface area contributed by atoms with Gasteiger partial charge in [-0.05, 0) is 32.0 Å². The molecule has 0 heterocycles. The van der Waals surface area contributed by atoms with Crippen LogP contribution in [-0.2, 0) is 4.79 Å². The molecule has 1 unspecified atom stereocenters. The molecule has 0 spiro atoms. The van der Waals surface area contributed by atoms with Crippen LogP contribution in [0.25, 0.3) is 0 Å². The molecule has 0 fully saturated rings. The van der Waals surface area contributed by atoms with Gasteiger partial charge >= 0.3 is 5.97 Å². The van der Waals surface area contributed by atoms with E-state index in [9.17, 15) is 9.59 Å². The van der Waals surface area contributed by atoms with E-state index < -0.39 is 5.97 Å². The van der Waals surface area contributed by atoms with Crippen LogP contribution in [0.2, 0.25) is 0 Å². The van der Waals surface area contributed by atoms with E-state index in [2.05, 4.69) is 31.9 Å². The number of hydrogen-bond acceptors (Lipinski definition) is 2. The first-order valence-corrected chi connectivity index (χ1v) is 7.42. The third-order valence-corrected chi connectivity index (χ3v) is 3.63. The predicted molar refractivity (Wildman–Crippen MR) is 80.3 cm³/mol. The number of carboxylic acids is 1. The summed E-state index contributed by atoms with van der Waals surface area (Å²) in [5.41, 5.74) is 0.528. The van der Waals surface area contributed by atoms with E-state index in [0.717, 1.165) is 8.95 Å². The standard InChI is InChI=1S/C13H15Br2NO3/c1-3-16(8(2)4-12(17)18)13(19)9-5-10(14)7-11(15)6-9/h5-8H,3-4H2,1-2H3,(H,17,18). The highest BCUT2D eigenvalue weighted by Gasteiger charge is 2.22. The van der Waals surface area contributed by atoms with Gasteiger partial charge in [0.1, 0.15) is 0 Å². The third-order valence-electron chi connectivity index (χ3n) is 2.71. The van der Waals surface area contributed by atoms with E-state index in [1.54, 1.807) is 24.0 Å². The summed E-state index contributed by atoms with van der Waals surface area (Å²) in [5, 5.41) is 8.82. The van der Waals surface area contributed by atoms with Gasteiger partial charge in [-0.15, -0.1) is 0 Å². The Labute approximate surface area is 129 Å². The van der Waals surface area contributed by atoms with Crippen molar-refractivity contribution in [2.75, 3.05) is 6.54 Å². The highest BCUT2D eigenvalue weighted by atomic mass is 79.9. The lowest BCUT2D eigenvalue weighted by Crippen LogP contribution is -2.39. The van der Waals surface area contributed by atoms with E-state index in [1.807, 2.05) is 13.0 Å². The Morgan fingerprint density at radius 2 is 1.79 bits per heavy atom. The number of benzene rings is 1. The van der Waals surface area contributed by atoms with Gasteiger partial charge in [0.15, 0.2) is 0 Å². The number of nitrogens with zero attached hydrogens (tertiary/aromatic N) is 1. The number of amides is 1. The molecule has 1 amide bonds. The van der Waals surface area contributed by atoms with Crippen molar-refractivity contribution in [3.63, 3.8) is 0 Å². The Hall–Kier alpha value is -0.880. The van der Waals surface area contributed by atoms with Crippen molar-refractivity contribution < 1.29 is 14.7 Å². The first-order chi connectivity index (χ1) is 8.85. The summed E-state index contributed by atoms with van der Waals surface area (Å²) >= 11 is 6.67. The van der Waals surface area contributed by atoms with Gasteiger partial charge < -0.3 is 10.0 Å². The number of aliphatic carboxylic acids is 1. The number of rotatable bonds is 5. The van der Waals surface area contributed by atoms with Gasteiger partial charge in [-0.2, -0.15) is 0 Å². The number of halogens is 2. The molecule has 0 saturated carbocycles. The summed E-state index contributed by atoms with van der Waals surface area (Å²) < 4.78 is 1.60. The number of carboxylic acid groups (broad SMARTS) is 1. The maximum absolute atomic E-state index is 12.4. The van der Waals surface area contributed by atoms with Crippen LogP contribution in [0.1, 0.15) is 30.6 Å². The highest BCUT2D eigenvalue weighted by molar-refractivity contribution is 9.11. The molecule has 1 atom stereocenters. The maximum atomic E-state index is 12.4. The second-order valence-electron chi connectivity index (χ2n) is 4.20. The van der Waals surface area contributed by atoms with E-state index in [1.165, 1.54) is 0 Å². The molecule has 0 aliphatic carbocycles. The van der Waals surface area contributed by atoms with E-state index in [-0.39, 0.29) is 18.4 Å². The van der Waals surface area contributed by atoms with Crippen LogP contribution in [0.5, 0.6) is 0 Å². The first kappa shape index (κ1) is 16.2. The van der Waals surface area contributed by atoms with Crippen LogP contribution in [0.3, 0.4) is 0 Å². The van der Waals surface area contributed by atoms with Crippen LogP contribution in [0.15, 0.2) is 27.1 Å². The molecule has 1 N–H and O–H groups in total. The van der Waals surface area contributed by atoms with Crippen molar-refractivity contribution in [2.24, 2.45) is 0 Å². The summed E-state index contributed by atoms with van der Waals surface area (Å²) in [4.78, 5) is 24.7. The average Bonchev–Trinajstić information content (AvgIpc) is 2.27. The van der Waals surface area contributed by atoms with Gasteiger partial charge in [-0.1, -0.05) is 31.9 Å². The Kier molecular flexibility index (Phi) is 6.00. The third kappa shape index (κ3) is 4.62. The molecule has 0 aliphatic heterocycles. The molecule has 0 bridgehead atoms. The second kappa shape index (κ2) is 7.05. The molecule has 1 rings (SSSR count). The van der Waals surface area contributed by atoms with Crippen molar-refractivity contribution in [2.45, 2.75) is 26.3 Å². The molecule has 1 aromatic rings. The van der Waals surface area contributed by atoms with Crippen molar-refractivity contribution in [1.82, 2.24) is 4.90 Å². The molecule has 6 heteroatoms. The Balaban J connectivity index is 2.97. The fourth-order valence-electron chi connectivity index (χ4n) is 1.86. The largest absolute Gasteiger partial charge is 0.481 e. The smallest absolute Gasteiger partial charge is 0.305 e. The molecule has 0 radical (unpaired) electrons. The lowest BCUT2D eigenvalue weighted by molar-refractivity contribution is -0.138. The van der Waals surface area contributed by atoms with Gasteiger partial charge in [0.25, 0.3) is 5.91 Å². The van der Waals surface area contributed by atoms with Crippen molar-refractivity contribution in [3.8, 4) is 0 Å². The van der Waals surface area contributed by atoms with Crippen molar-refractivity contribution in [3.05, 3.63) is 32.7 Å². The molecular weight excluding hydrogens is 378 g/mol. The lowest BCUT2D eigenvalue weighted by atomic mass is 10.1. The number of carbonyl (C=O) groups excluding carboxylic acids is 1. The van der Waals surface area contributed by atoms with Crippen LogP contribution in [0, 0.1) is 0 Å². The van der Waals surface area contributed by atoms with Crippen LogP contribution >= 0.6 is 31.9 Å². The minimum Gasteiger partial charge on any atom is -0.481 e. The minimum atomic E-state index is -0.908. The van der Waals surface area contributed by atoms with Gasteiger partial charge in [-0.3, -0.25) is 9.59 Å². The molecule has 0 aliphatic rings. The summed E-state index contributed by atoms with van der Waals surface area (Å²) in [7, 11) is 0. The lowest BCUT2D eigenvalue weighted by Gasteiger charge is -2.27. The number of carbonyl (C=O) groups is 2. The average molecular weight is 393 g/mol. The summed E-state index contributed by atoms with van der Waals surface area (Å²) in [6.45, 7) is 4.04. The number of hydrogen-bond donors (Lipinski definition) is 1. The summed E-state index contributed by atoms with van der Waals surface area (Å²) in [6, 6.07) is 4.95. The van der Waals surface area contributed by atoms with E-state index in [4.69, 9.17) is 5.11 Å². The zero-order valence-corrected chi connectivity index (χ0v) is 13.9. The minimum absolute atomic E-state index is 0.0608. The van der Waals surface area contributed by atoms with E-state index in [0.29, 0.717) is 12.1 Å². The second-order valence-corrected chi connectivity index (χ2v) is 6.03. The van der Waals surface area contributed by atoms with Crippen molar-refractivity contribution in [1.29, 1.82) is 0 Å². The molecule has 0 saturated heterocycles. The Morgan fingerprint density at radius 1 is 1.26 bits per heavy atom. The molecular formula is C13H15Br2NO3. The molecule has 104 valence electrons. The fourth-order valence-corrected chi connectivity index (χ4v) is 3.16. The normalized spacial score (nSPS) is 12.0. The topological polar surface area (TPSA) is 57.6 Å². The predicted octanol–water partition coefficient (Wildman–Crippen LogP) is 3.54. The molecule has 19 heavy (non-hydrogen) atoms. The van der Waals surface area contributed by atoms with Gasteiger partial charge in [-0.25, -0.2) is 0 Å². The van der Waals surface area contributed by atoms with Gasteiger partial charge in [0.05, 0.1) is 6.42 Å². The molecule has 1 aromatic carbocycles. The Morgan fingerprint density at radius 3 is 2.21 bits per heavy atom. The van der Waals surface area contributed by atoms with Crippen LogP contribution in [0.4, 0.5) is 0 Å². The van der Waals surface area contributed by atoms with Crippen LogP contribution < -0.4 is 0 Å².